The lowest BCUT2D eigenvalue weighted by atomic mass is 9.98. The molecule has 0 aliphatic carbocycles. The Hall–Kier alpha value is -0.390. The number of methoxy groups -OCH3 is 1. The van der Waals surface area contributed by atoms with Crippen LogP contribution in [-0.2, 0) is 11.3 Å². The molecule has 20 heavy (non-hydrogen) atoms. The van der Waals surface area contributed by atoms with Crippen LogP contribution in [0.5, 0.6) is 0 Å². The molecule has 1 aromatic rings. The number of likely N-dealkylation sites (tertiary alicyclic amines) is 1. The van der Waals surface area contributed by atoms with Crippen LogP contribution in [0, 0.1) is 5.82 Å². The second kappa shape index (κ2) is 8.15. The van der Waals surface area contributed by atoms with Crippen LogP contribution in [0.15, 0.2) is 18.2 Å². The molecule has 2 N–H and O–H groups in total. The second-order valence-electron chi connectivity index (χ2n) is 5.02. The molecule has 0 aromatic heterocycles. The van der Waals surface area contributed by atoms with Crippen LogP contribution in [0.1, 0.15) is 18.4 Å². The van der Waals surface area contributed by atoms with E-state index in [9.17, 15) is 4.39 Å². The van der Waals surface area contributed by atoms with Crippen molar-refractivity contribution < 1.29 is 9.13 Å². The lowest BCUT2D eigenvalue weighted by molar-refractivity contribution is 0.0102. The van der Waals surface area contributed by atoms with E-state index in [2.05, 4.69) is 4.90 Å². The zero-order chi connectivity index (χ0) is 13.8. The first kappa shape index (κ1) is 17.7. The van der Waals surface area contributed by atoms with Gasteiger partial charge >= 0.3 is 0 Å². The van der Waals surface area contributed by atoms with Gasteiger partial charge in [-0.25, -0.2) is 4.39 Å². The number of hydrogen-bond donors (Lipinski definition) is 1. The van der Waals surface area contributed by atoms with Gasteiger partial charge in [0.2, 0.25) is 0 Å². The molecule has 0 amide bonds. The molecule has 1 fully saturated rings. The highest BCUT2D eigenvalue weighted by atomic mass is 35.5. The summed E-state index contributed by atoms with van der Waals surface area (Å²) in [5.41, 5.74) is 6.71. The quantitative estimate of drug-likeness (QED) is 0.926. The number of rotatable bonds is 4. The largest absolute Gasteiger partial charge is 0.381 e. The van der Waals surface area contributed by atoms with Gasteiger partial charge in [0.25, 0.3) is 0 Å². The Labute approximate surface area is 130 Å². The molecule has 2 rings (SSSR count). The van der Waals surface area contributed by atoms with Gasteiger partial charge in [-0.3, -0.25) is 4.90 Å². The average Bonchev–Trinajstić information content (AvgIpc) is 2.38. The van der Waals surface area contributed by atoms with Crippen LogP contribution in [0.25, 0.3) is 0 Å². The van der Waals surface area contributed by atoms with E-state index >= 15 is 0 Å². The molecule has 2 atom stereocenters. The molecule has 114 valence electrons. The van der Waals surface area contributed by atoms with Crippen molar-refractivity contribution in [3.63, 3.8) is 0 Å². The third-order valence-corrected chi connectivity index (χ3v) is 3.92. The first-order chi connectivity index (χ1) is 9.12. The average molecular weight is 323 g/mol. The van der Waals surface area contributed by atoms with Crippen molar-refractivity contribution in [1.29, 1.82) is 0 Å². The molecule has 1 saturated heterocycles. The van der Waals surface area contributed by atoms with Crippen LogP contribution in [0.4, 0.5) is 4.39 Å². The van der Waals surface area contributed by atoms with Gasteiger partial charge in [-0.2, -0.15) is 0 Å². The first-order valence-electron chi connectivity index (χ1n) is 6.54. The maximum absolute atomic E-state index is 13.3. The van der Waals surface area contributed by atoms with Gasteiger partial charge in [0.1, 0.15) is 5.82 Å². The monoisotopic (exact) mass is 322 g/mol. The molecular weight excluding hydrogens is 302 g/mol. The van der Waals surface area contributed by atoms with Crippen molar-refractivity contribution in [2.24, 2.45) is 5.73 Å². The number of hydrogen-bond acceptors (Lipinski definition) is 3. The summed E-state index contributed by atoms with van der Waals surface area (Å²) in [7, 11) is 1.74. The molecule has 2 unspecified atom stereocenters. The summed E-state index contributed by atoms with van der Waals surface area (Å²) in [5.74, 6) is -0.293. The maximum Gasteiger partial charge on any atom is 0.125 e. The van der Waals surface area contributed by atoms with Crippen molar-refractivity contribution in [2.45, 2.75) is 31.5 Å². The summed E-state index contributed by atoms with van der Waals surface area (Å²) >= 11 is 5.88. The maximum atomic E-state index is 13.3. The Morgan fingerprint density at radius 3 is 2.80 bits per heavy atom. The molecule has 0 bridgehead atoms. The molecular formula is C14H21Cl2FN2O. The Kier molecular flexibility index (Phi) is 7.20. The second-order valence-corrected chi connectivity index (χ2v) is 5.46. The van der Waals surface area contributed by atoms with E-state index in [1.54, 1.807) is 13.2 Å². The minimum absolute atomic E-state index is 0. The van der Waals surface area contributed by atoms with Crippen molar-refractivity contribution in [2.75, 3.05) is 20.2 Å². The Morgan fingerprint density at radius 2 is 2.20 bits per heavy atom. The van der Waals surface area contributed by atoms with Gasteiger partial charge in [-0.05, 0) is 36.6 Å². The van der Waals surface area contributed by atoms with Crippen molar-refractivity contribution in [3.8, 4) is 0 Å². The van der Waals surface area contributed by atoms with E-state index in [4.69, 9.17) is 22.1 Å². The first-order valence-corrected chi connectivity index (χ1v) is 6.92. The van der Waals surface area contributed by atoms with Crippen molar-refractivity contribution >= 4 is 24.0 Å². The minimum atomic E-state index is -0.293. The van der Waals surface area contributed by atoms with Gasteiger partial charge in [-0.1, -0.05) is 11.6 Å². The Balaban J connectivity index is 0.00000200. The lowest BCUT2D eigenvalue weighted by Gasteiger charge is -2.38. The number of benzene rings is 1. The number of nitrogens with zero attached hydrogens (tertiary/aromatic N) is 1. The predicted octanol–water partition coefficient (Wildman–Crippen LogP) is 2.84. The molecule has 6 heteroatoms. The molecule has 1 aromatic carbocycles. The smallest absolute Gasteiger partial charge is 0.125 e. The van der Waals surface area contributed by atoms with Crippen molar-refractivity contribution in [3.05, 3.63) is 34.6 Å². The van der Waals surface area contributed by atoms with Crippen LogP contribution in [-0.4, -0.2) is 37.2 Å². The van der Waals surface area contributed by atoms with Gasteiger partial charge < -0.3 is 10.5 Å². The molecule has 1 heterocycles. The standard InChI is InChI=1S/C14H20ClFN2O.ClH/c1-19-14-2-3-18(13(7-14)8-17)9-10-4-11(15)6-12(16)5-10;/h4-6,13-14H,2-3,7-9,17H2,1H3;1H. The van der Waals surface area contributed by atoms with E-state index in [1.807, 2.05) is 0 Å². The zero-order valence-corrected chi connectivity index (χ0v) is 13.1. The highest BCUT2D eigenvalue weighted by Gasteiger charge is 2.27. The lowest BCUT2D eigenvalue weighted by Crippen LogP contribution is -2.47. The fourth-order valence-electron chi connectivity index (χ4n) is 2.67. The molecule has 1 aliphatic heterocycles. The predicted molar refractivity (Wildman–Crippen MR) is 81.9 cm³/mol. The van der Waals surface area contributed by atoms with E-state index in [-0.39, 0.29) is 30.4 Å². The topological polar surface area (TPSA) is 38.5 Å². The normalized spacial score (nSPS) is 23.4. The summed E-state index contributed by atoms with van der Waals surface area (Å²) in [5, 5.41) is 0.436. The molecule has 3 nitrogen and oxygen atoms in total. The summed E-state index contributed by atoms with van der Waals surface area (Å²) < 4.78 is 18.7. The highest BCUT2D eigenvalue weighted by Crippen LogP contribution is 2.23. The van der Waals surface area contributed by atoms with Gasteiger partial charge in [0.05, 0.1) is 6.10 Å². The van der Waals surface area contributed by atoms with E-state index in [0.29, 0.717) is 18.1 Å². The summed E-state index contributed by atoms with van der Waals surface area (Å²) in [4.78, 5) is 2.28. The van der Waals surface area contributed by atoms with Gasteiger partial charge in [0.15, 0.2) is 0 Å². The van der Waals surface area contributed by atoms with Crippen LogP contribution in [0.3, 0.4) is 0 Å². The van der Waals surface area contributed by atoms with Gasteiger partial charge in [0, 0.05) is 37.8 Å². The van der Waals surface area contributed by atoms with E-state index in [1.165, 1.54) is 12.1 Å². The van der Waals surface area contributed by atoms with Gasteiger partial charge in [-0.15, -0.1) is 12.4 Å². The summed E-state index contributed by atoms with van der Waals surface area (Å²) in [6.45, 7) is 2.17. The third-order valence-electron chi connectivity index (χ3n) is 3.70. The Morgan fingerprint density at radius 1 is 1.45 bits per heavy atom. The number of halogens is 3. The molecule has 0 radical (unpaired) electrons. The fourth-order valence-corrected chi connectivity index (χ4v) is 2.91. The van der Waals surface area contributed by atoms with Crippen LogP contribution < -0.4 is 5.73 Å². The SMILES string of the molecule is COC1CCN(Cc2cc(F)cc(Cl)c2)C(CN)C1.Cl. The zero-order valence-electron chi connectivity index (χ0n) is 11.5. The number of piperidine rings is 1. The van der Waals surface area contributed by atoms with E-state index in [0.717, 1.165) is 24.9 Å². The fraction of sp³-hybridized carbons (Fsp3) is 0.571. The minimum Gasteiger partial charge on any atom is -0.381 e. The number of ether oxygens (including phenoxy) is 1. The number of nitrogens with two attached hydrogens (primary N) is 1. The highest BCUT2D eigenvalue weighted by molar-refractivity contribution is 6.30. The molecule has 1 aliphatic rings. The third kappa shape index (κ3) is 4.57. The van der Waals surface area contributed by atoms with Crippen LogP contribution >= 0.6 is 24.0 Å². The summed E-state index contributed by atoms with van der Waals surface area (Å²) in [6, 6.07) is 4.94. The Bertz CT molecular complexity index is 413. The van der Waals surface area contributed by atoms with Crippen molar-refractivity contribution in [1.82, 2.24) is 4.90 Å². The summed E-state index contributed by atoms with van der Waals surface area (Å²) in [6.07, 6.45) is 2.19. The van der Waals surface area contributed by atoms with E-state index < -0.39 is 0 Å². The van der Waals surface area contributed by atoms with Crippen LogP contribution in [0.2, 0.25) is 5.02 Å². The molecule has 0 spiro atoms. The molecule has 0 saturated carbocycles.